The summed E-state index contributed by atoms with van der Waals surface area (Å²) in [5, 5.41) is 21.1. The number of aliphatic hydroxyl groups is 2. The van der Waals surface area contributed by atoms with Gasteiger partial charge in [0.15, 0.2) is 0 Å². The first-order valence-corrected chi connectivity index (χ1v) is 6.51. The zero-order chi connectivity index (χ0) is 11.9. The van der Waals surface area contributed by atoms with E-state index >= 15 is 0 Å². The van der Waals surface area contributed by atoms with Crippen LogP contribution in [0.15, 0.2) is 11.6 Å². The first-order chi connectivity index (χ1) is 7.45. The Morgan fingerprint density at radius 3 is 2.65 bits per heavy atom. The molecule has 2 rings (SSSR count). The summed E-state index contributed by atoms with van der Waals surface area (Å²) in [5.41, 5.74) is 0.621. The van der Waals surface area contributed by atoms with Crippen LogP contribution < -0.4 is 0 Å². The van der Waals surface area contributed by atoms with Gasteiger partial charge >= 0.3 is 0 Å². The minimum absolute atomic E-state index is 0. The average molecular weight is 240 g/mol. The third-order valence-corrected chi connectivity index (χ3v) is 4.72. The fourth-order valence-corrected chi connectivity index (χ4v) is 3.65. The van der Waals surface area contributed by atoms with Crippen molar-refractivity contribution in [2.75, 3.05) is 0 Å². The van der Waals surface area contributed by atoms with Crippen LogP contribution in [0.1, 0.15) is 53.9 Å². The first kappa shape index (κ1) is 14.7. The highest BCUT2D eigenvalue weighted by Gasteiger charge is 2.52. The Kier molecular flexibility index (Phi) is 4.43. The maximum atomic E-state index is 10.8. The average Bonchev–Trinajstić information content (AvgIpc) is 2.46. The molecule has 1 saturated carbocycles. The molecule has 2 nitrogen and oxygen atoms in total. The second kappa shape index (κ2) is 5.11. The van der Waals surface area contributed by atoms with Gasteiger partial charge in [-0.2, -0.15) is 0 Å². The Balaban J connectivity index is 0.00000144. The molecule has 2 N–H and O–H groups in total. The Morgan fingerprint density at radius 2 is 2.06 bits per heavy atom. The smallest absolute Gasteiger partial charge is 0.0726 e. The molecule has 2 heteroatoms. The van der Waals surface area contributed by atoms with Gasteiger partial charge in [0.25, 0.3) is 0 Å². The van der Waals surface area contributed by atoms with Crippen LogP contribution in [0.25, 0.3) is 0 Å². The van der Waals surface area contributed by atoms with Crippen molar-refractivity contribution in [3.05, 3.63) is 11.6 Å². The molecule has 0 unspecified atom stereocenters. The van der Waals surface area contributed by atoms with Crippen molar-refractivity contribution in [2.24, 2.45) is 17.8 Å². The van der Waals surface area contributed by atoms with E-state index in [1.807, 2.05) is 0 Å². The molecule has 0 aliphatic heterocycles. The third kappa shape index (κ3) is 2.43. The van der Waals surface area contributed by atoms with Crippen LogP contribution in [-0.4, -0.2) is 21.9 Å². The quantitative estimate of drug-likeness (QED) is 0.691. The summed E-state index contributed by atoms with van der Waals surface area (Å²) in [6.07, 6.45) is 5.56. The molecule has 0 aromatic heterocycles. The normalized spacial score (nSPS) is 41.5. The molecule has 0 bridgehead atoms. The zero-order valence-electron chi connectivity index (χ0n) is 10.6. The number of hydrogen-bond acceptors (Lipinski definition) is 2. The van der Waals surface area contributed by atoms with Crippen LogP contribution in [-0.2, 0) is 0 Å². The molecular formula is C15H28O2. The highest BCUT2D eigenvalue weighted by Crippen LogP contribution is 2.49. The van der Waals surface area contributed by atoms with Gasteiger partial charge in [-0.15, -0.1) is 0 Å². The van der Waals surface area contributed by atoms with E-state index in [0.717, 1.165) is 25.7 Å². The lowest BCUT2D eigenvalue weighted by atomic mass is 9.74. The summed E-state index contributed by atoms with van der Waals surface area (Å²) < 4.78 is 0. The zero-order valence-corrected chi connectivity index (χ0v) is 10.6. The molecule has 0 saturated heterocycles. The van der Waals surface area contributed by atoms with Gasteiger partial charge in [-0.1, -0.05) is 32.9 Å². The first-order valence-electron chi connectivity index (χ1n) is 6.51. The van der Waals surface area contributed by atoms with Crippen molar-refractivity contribution in [3.63, 3.8) is 0 Å². The number of rotatable bonds is 1. The molecule has 0 heterocycles. The Morgan fingerprint density at radius 1 is 1.41 bits per heavy atom. The van der Waals surface area contributed by atoms with Crippen LogP contribution in [0, 0.1) is 17.8 Å². The molecule has 2 aliphatic rings. The SMILES string of the molecule is C.CC1=CC[C@H]2CC[C@@](O)(C(C)C)[C@@H]2[C@@H](O)C1. The monoisotopic (exact) mass is 240 g/mol. The number of fused-ring (bicyclic) bond motifs is 1. The van der Waals surface area contributed by atoms with Gasteiger partial charge in [0.2, 0.25) is 0 Å². The lowest BCUT2D eigenvalue weighted by Gasteiger charge is -2.38. The third-order valence-electron chi connectivity index (χ3n) is 4.72. The predicted molar refractivity (Wildman–Crippen MR) is 71.7 cm³/mol. The molecule has 0 spiro atoms. The summed E-state index contributed by atoms with van der Waals surface area (Å²) in [5.74, 6) is 0.775. The Labute approximate surface area is 106 Å². The van der Waals surface area contributed by atoms with E-state index in [1.54, 1.807) is 0 Å². The molecule has 4 atom stereocenters. The van der Waals surface area contributed by atoms with Gasteiger partial charge in [0.1, 0.15) is 0 Å². The largest absolute Gasteiger partial charge is 0.392 e. The minimum atomic E-state index is -0.650. The molecule has 17 heavy (non-hydrogen) atoms. The number of hydrogen-bond donors (Lipinski definition) is 2. The Hall–Kier alpha value is -0.340. The van der Waals surface area contributed by atoms with Crippen LogP contribution in [0.5, 0.6) is 0 Å². The summed E-state index contributed by atoms with van der Waals surface area (Å²) >= 11 is 0. The fraction of sp³-hybridized carbons (Fsp3) is 0.867. The topological polar surface area (TPSA) is 40.5 Å². The predicted octanol–water partition coefficient (Wildman–Crippen LogP) is 3.14. The molecule has 0 aromatic rings. The molecule has 1 fully saturated rings. The highest BCUT2D eigenvalue weighted by atomic mass is 16.3. The Bertz CT molecular complexity index is 295. The van der Waals surface area contributed by atoms with Crippen molar-refractivity contribution < 1.29 is 10.2 Å². The molecule has 0 radical (unpaired) electrons. The minimum Gasteiger partial charge on any atom is -0.392 e. The number of aliphatic hydroxyl groups excluding tert-OH is 1. The van der Waals surface area contributed by atoms with Gasteiger partial charge in [-0.25, -0.2) is 0 Å². The maximum absolute atomic E-state index is 10.8. The van der Waals surface area contributed by atoms with E-state index in [0.29, 0.717) is 5.92 Å². The molecule has 2 aliphatic carbocycles. The molecule has 0 aromatic carbocycles. The highest BCUT2D eigenvalue weighted by molar-refractivity contribution is 5.12. The lowest BCUT2D eigenvalue weighted by molar-refractivity contribution is -0.0917. The van der Waals surface area contributed by atoms with Gasteiger partial charge in [-0.05, 0) is 44.4 Å². The van der Waals surface area contributed by atoms with Crippen molar-refractivity contribution in [1.29, 1.82) is 0 Å². The lowest BCUT2D eigenvalue weighted by Crippen LogP contribution is -2.46. The van der Waals surface area contributed by atoms with Crippen molar-refractivity contribution >= 4 is 0 Å². The van der Waals surface area contributed by atoms with Crippen LogP contribution in [0.4, 0.5) is 0 Å². The molecule has 0 amide bonds. The van der Waals surface area contributed by atoms with E-state index in [-0.39, 0.29) is 25.4 Å². The summed E-state index contributed by atoms with van der Waals surface area (Å²) in [7, 11) is 0. The summed E-state index contributed by atoms with van der Waals surface area (Å²) in [6, 6.07) is 0. The molecule has 100 valence electrons. The van der Waals surface area contributed by atoms with E-state index < -0.39 is 5.60 Å². The van der Waals surface area contributed by atoms with E-state index in [1.165, 1.54) is 5.57 Å². The van der Waals surface area contributed by atoms with E-state index in [2.05, 4.69) is 26.8 Å². The van der Waals surface area contributed by atoms with Crippen molar-refractivity contribution in [2.45, 2.75) is 65.6 Å². The van der Waals surface area contributed by atoms with Gasteiger partial charge in [0, 0.05) is 5.92 Å². The summed E-state index contributed by atoms with van der Waals surface area (Å²) in [6.45, 7) is 6.22. The summed E-state index contributed by atoms with van der Waals surface area (Å²) in [4.78, 5) is 0. The maximum Gasteiger partial charge on any atom is 0.0726 e. The molecular weight excluding hydrogens is 212 g/mol. The van der Waals surface area contributed by atoms with Gasteiger partial charge in [-0.3, -0.25) is 0 Å². The van der Waals surface area contributed by atoms with E-state index in [9.17, 15) is 10.2 Å². The van der Waals surface area contributed by atoms with Crippen molar-refractivity contribution in [3.8, 4) is 0 Å². The van der Waals surface area contributed by atoms with Crippen LogP contribution >= 0.6 is 0 Å². The second-order valence-electron chi connectivity index (χ2n) is 6.03. The van der Waals surface area contributed by atoms with Crippen molar-refractivity contribution in [1.82, 2.24) is 0 Å². The van der Waals surface area contributed by atoms with Crippen LogP contribution in [0.2, 0.25) is 0 Å². The number of allylic oxidation sites excluding steroid dienone is 1. The fourth-order valence-electron chi connectivity index (χ4n) is 3.65. The standard InChI is InChI=1S/C14H24O2.CH4/c1-9(2)14(16)7-6-11-5-4-10(3)8-12(15)13(11)14;/h4,9,11-13,15-16H,5-8H2,1-3H3;1H4/t11-,12-,13-,14+;/m0./s1. The second-order valence-corrected chi connectivity index (χ2v) is 6.03. The van der Waals surface area contributed by atoms with E-state index in [4.69, 9.17) is 0 Å². The van der Waals surface area contributed by atoms with Crippen LogP contribution in [0.3, 0.4) is 0 Å². The van der Waals surface area contributed by atoms with Gasteiger partial charge < -0.3 is 10.2 Å². The van der Waals surface area contributed by atoms with Gasteiger partial charge in [0.05, 0.1) is 11.7 Å².